The maximum Gasteiger partial charge on any atom is 0.416 e. The van der Waals surface area contributed by atoms with Crippen LogP contribution in [0, 0.1) is 0 Å². The maximum absolute atomic E-state index is 12.8. The third kappa shape index (κ3) is 10.9. The van der Waals surface area contributed by atoms with Gasteiger partial charge in [-0.1, -0.05) is 24.3 Å². The van der Waals surface area contributed by atoms with Crippen LogP contribution in [0.15, 0.2) is 94.5 Å². The third-order valence-electron chi connectivity index (χ3n) is 12.3. The fourth-order valence-corrected chi connectivity index (χ4v) is 9.03. The third-order valence-corrected chi connectivity index (χ3v) is 12.6. The molecule has 0 spiro atoms. The van der Waals surface area contributed by atoms with Crippen LogP contribution in [0.2, 0.25) is 0 Å². The molecule has 6 aromatic rings. The molecule has 0 radical (unpaired) electrons. The molecule has 6 heterocycles. The molecule has 0 unspecified atom stereocenters. The molecule has 0 aliphatic carbocycles. The van der Waals surface area contributed by atoms with Gasteiger partial charge in [0.1, 0.15) is 0 Å². The number of alkyl halides is 7. The number of pyridine rings is 2. The van der Waals surface area contributed by atoms with E-state index in [1.54, 1.807) is 12.1 Å². The monoisotopic (exact) mass is 920 g/mol. The van der Waals surface area contributed by atoms with Gasteiger partial charge in [-0.15, -0.1) is 11.6 Å². The highest BCUT2D eigenvalue weighted by Gasteiger charge is 2.31. The first kappa shape index (κ1) is 45.8. The Kier molecular flexibility index (Phi) is 14.0. The Labute approximate surface area is 377 Å². The van der Waals surface area contributed by atoms with Gasteiger partial charge in [0.25, 0.3) is 11.1 Å². The predicted molar refractivity (Wildman–Crippen MR) is 248 cm³/mol. The Morgan fingerprint density at radius 1 is 0.538 bits per heavy atom. The Morgan fingerprint density at radius 2 is 0.985 bits per heavy atom. The summed E-state index contributed by atoms with van der Waals surface area (Å²) in [4.78, 5) is 36.9. The molecule has 65 heavy (non-hydrogen) atoms. The lowest BCUT2D eigenvalue weighted by Gasteiger charge is -2.36. The molecule has 17 heteroatoms. The van der Waals surface area contributed by atoms with Gasteiger partial charge >= 0.3 is 12.4 Å². The number of H-pyrrole nitrogens is 2. The molecule has 5 N–H and O–H groups in total. The lowest BCUT2D eigenvalue weighted by Crippen LogP contribution is -2.45. The summed E-state index contributed by atoms with van der Waals surface area (Å²) in [5.74, 6) is 0.461. The van der Waals surface area contributed by atoms with Crippen LogP contribution in [0.4, 0.5) is 49.1 Å². The van der Waals surface area contributed by atoms with E-state index in [4.69, 9.17) is 11.6 Å². The second kappa shape index (κ2) is 19.8. The second-order valence-electron chi connectivity index (χ2n) is 16.7. The van der Waals surface area contributed by atoms with E-state index in [0.29, 0.717) is 5.88 Å². The van der Waals surface area contributed by atoms with E-state index in [9.17, 15) is 35.9 Å². The molecule has 0 saturated carbocycles. The average Bonchev–Trinajstić information content (AvgIpc) is 3.32. The van der Waals surface area contributed by atoms with E-state index < -0.39 is 23.5 Å². The van der Waals surface area contributed by atoms with E-state index in [0.717, 1.165) is 189 Å². The number of rotatable bonds is 5. The van der Waals surface area contributed by atoms with Gasteiger partial charge in [0.15, 0.2) is 0 Å². The maximum atomic E-state index is 12.8. The number of anilines is 4. The fraction of sp³-hybridized carbons (Fsp3) is 0.375. The van der Waals surface area contributed by atoms with E-state index in [-0.39, 0.29) is 11.1 Å². The molecular formula is C48H51ClF6N8O2. The van der Waals surface area contributed by atoms with Crippen molar-refractivity contribution in [3.05, 3.63) is 139 Å². The number of benzene rings is 4. The van der Waals surface area contributed by atoms with Crippen molar-refractivity contribution in [1.29, 1.82) is 0 Å². The lowest BCUT2D eigenvalue weighted by molar-refractivity contribution is -0.138. The van der Waals surface area contributed by atoms with Gasteiger partial charge in [0.2, 0.25) is 0 Å². The number of nitrogens with one attached hydrogen (secondary N) is 5. The Hall–Kier alpha value is -5.71. The molecule has 10 nitrogen and oxygen atoms in total. The average molecular weight is 921 g/mol. The zero-order chi connectivity index (χ0) is 45.7. The van der Waals surface area contributed by atoms with Crippen molar-refractivity contribution >= 4 is 56.2 Å². The molecule has 10 rings (SSSR count). The minimum atomic E-state index is -4.31. The molecule has 4 aromatic carbocycles. The topological polar surface area (TPSA) is 112 Å². The zero-order valence-corrected chi connectivity index (χ0v) is 36.5. The summed E-state index contributed by atoms with van der Waals surface area (Å²) in [5.41, 5.74) is 8.02. The molecule has 2 fully saturated rings. The number of hydrogen-bond donors (Lipinski definition) is 5. The first-order valence-electron chi connectivity index (χ1n) is 21.9. The summed E-state index contributed by atoms with van der Waals surface area (Å²) in [6.07, 6.45) is -4.92. The summed E-state index contributed by atoms with van der Waals surface area (Å²) in [7, 11) is 0. The number of halogens is 7. The van der Waals surface area contributed by atoms with Crippen LogP contribution in [0.3, 0.4) is 0 Å². The summed E-state index contributed by atoms with van der Waals surface area (Å²) < 4.78 is 75.4. The molecule has 4 aliphatic rings. The van der Waals surface area contributed by atoms with Crippen LogP contribution in [0.5, 0.6) is 0 Å². The van der Waals surface area contributed by atoms with Crippen molar-refractivity contribution in [2.45, 2.75) is 50.5 Å². The van der Waals surface area contributed by atoms with Crippen molar-refractivity contribution in [3.63, 3.8) is 0 Å². The molecule has 4 aliphatic heterocycles. The molecule has 0 bridgehead atoms. The second-order valence-corrected chi connectivity index (χ2v) is 16.9. The van der Waals surface area contributed by atoms with Gasteiger partial charge in [-0.2, -0.15) is 26.3 Å². The van der Waals surface area contributed by atoms with Crippen LogP contribution in [0.1, 0.15) is 46.2 Å². The number of aromatic nitrogens is 2. The van der Waals surface area contributed by atoms with Gasteiger partial charge in [-0.3, -0.25) is 14.5 Å². The van der Waals surface area contributed by atoms with Crippen molar-refractivity contribution in [2.75, 3.05) is 85.9 Å². The lowest BCUT2D eigenvalue weighted by atomic mass is 10.0. The summed E-state index contributed by atoms with van der Waals surface area (Å²) in [6.45, 7) is 9.17. The molecule has 2 saturated heterocycles. The van der Waals surface area contributed by atoms with Crippen molar-refractivity contribution in [2.24, 2.45) is 0 Å². The van der Waals surface area contributed by atoms with Crippen LogP contribution in [0.25, 0.3) is 21.8 Å². The smallest absolute Gasteiger partial charge is 0.384 e. The number of aromatic amines is 2. The highest BCUT2D eigenvalue weighted by molar-refractivity contribution is 6.17. The van der Waals surface area contributed by atoms with Crippen LogP contribution in [-0.4, -0.2) is 80.3 Å². The minimum Gasteiger partial charge on any atom is -0.384 e. The largest absolute Gasteiger partial charge is 0.416 e. The van der Waals surface area contributed by atoms with Crippen molar-refractivity contribution in [3.8, 4) is 0 Å². The Bertz CT molecular complexity index is 2710. The van der Waals surface area contributed by atoms with E-state index in [1.165, 1.54) is 12.1 Å². The highest BCUT2D eigenvalue weighted by atomic mass is 35.5. The quantitative estimate of drug-likeness (QED) is 0.0862. The standard InChI is InChI=1S/C24H25F3N4O.C13H13ClN2O.C11H13F3N2/c25-24(26,27)17-4-6-18(7-5-17)31-12-10-30(11-13-31)15-16-3-8-19-21(14-16)29-23(32)20-2-1-9-28-22(19)20;14-7-8-3-4-9-11(6-8)16-13(17)10-2-1-5-15-12(9)10;12-11(13,14)9-1-3-10(4-2-9)16-7-5-15-6-8-16/h3-8,14,28H,1-2,9-13,15H2,(H,29,32);3-4,6,15H,1-2,5,7H2,(H,16,17);1-4,15H,5-8H2. The van der Waals surface area contributed by atoms with Gasteiger partial charge in [0, 0.05) is 111 Å². The van der Waals surface area contributed by atoms with Crippen LogP contribution in [-0.2, 0) is 37.6 Å². The summed E-state index contributed by atoms with van der Waals surface area (Å²) >= 11 is 5.80. The molecular weight excluding hydrogens is 870 g/mol. The van der Waals surface area contributed by atoms with E-state index >= 15 is 0 Å². The number of hydrogen-bond acceptors (Lipinski definition) is 8. The van der Waals surface area contributed by atoms with Gasteiger partial charge < -0.3 is 35.7 Å². The predicted octanol–water partition coefficient (Wildman–Crippen LogP) is 8.97. The summed E-state index contributed by atoms with van der Waals surface area (Å²) in [5, 5.41) is 12.0. The first-order chi connectivity index (χ1) is 31.2. The molecule has 344 valence electrons. The van der Waals surface area contributed by atoms with Crippen LogP contribution >= 0.6 is 11.6 Å². The zero-order valence-electron chi connectivity index (χ0n) is 35.7. The van der Waals surface area contributed by atoms with E-state index in [1.807, 2.05) is 18.2 Å². The molecule has 2 aromatic heterocycles. The number of piperazine rings is 2. The SMILES string of the molecule is FC(F)(F)c1ccc(N2CCNCC2)cc1.O=c1[nH]c2cc(CCl)ccc2c2c1CCCN2.O=c1[nH]c2cc(CN3CCN(c4ccc(C(F)(F)F)cc4)CC3)ccc2c2c1CCCN2. The van der Waals surface area contributed by atoms with Gasteiger partial charge in [-0.25, -0.2) is 0 Å². The number of fused-ring (bicyclic) bond motifs is 6. The Balaban J connectivity index is 0.000000147. The summed E-state index contributed by atoms with van der Waals surface area (Å²) in [6, 6.07) is 22.9. The normalized spacial score (nSPS) is 16.6. The molecule has 0 atom stereocenters. The highest BCUT2D eigenvalue weighted by Crippen LogP contribution is 2.33. The van der Waals surface area contributed by atoms with E-state index in [2.05, 4.69) is 58.8 Å². The van der Waals surface area contributed by atoms with Gasteiger partial charge in [-0.05, 0) is 97.5 Å². The fourth-order valence-electron chi connectivity index (χ4n) is 8.86. The number of nitrogens with zero attached hydrogens (tertiary/aromatic N) is 3. The van der Waals surface area contributed by atoms with Gasteiger partial charge in [0.05, 0.1) is 33.5 Å². The van der Waals surface area contributed by atoms with Crippen molar-refractivity contribution in [1.82, 2.24) is 20.2 Å². The minimum absolute atomic E-state index is 0.0120. The van der Waals surface area contributed by atoms with Crippen LogP contribution < -0.4 is 36.9 Å². The molecule has 0 amide bonds. The Morgan fingerprint density at radius 3 is 1.45 bits per heavy atom. The first-order valence-corrected chi connectivity index (χ1v) is 22.5. The van der Waals surface area contributed by atoms with Crippen molar-refractivity contribution < 1.29 is 26.3 Å².